The Morgan fingerprint density at radius 1 is 1.19 bits per heavy atom. The second kappa shape index (κ2) is 7.85. The number of rotatable bonds is 7. The van der Waals surface area contributed by atoms with Crippen LogP contribution in [0.25, 0.3) is 0 Å². The van der Waals surface area contributed by atoms with E-state index < -0.39 is 0 Å². The van der Waals surface area contributed by atoms with Gasteiger partial charge in [0.25, 0.3) is 0 Å². The predicted molar refractivity (Wildman–Crippen MR) is 77.4 cm³/mol. The molecule has 0 radical (unpaired) electrons. The van der Waals surface area contributed by atoms with E-state index in [0.717, 1.165) is 5.92 Å². The molecule has 2 unspecified atom stereocenters. The summed E-state index contributed by atoms with van der Waals surface area (Å²) in [4.78, 5) is 0. The molecule has 90 valence electrons. The van der Waals surface area contributed by atoms with Crippen molar-refractivity contribution in [1.82, 2.24) is 0 Å². The quantitative estimate of drug-likeness (QED) is 0.488. The molecule has 0 aliphatic heterocycles. The van der Waals surface area contributed by atoms with E-state index in [2.05, 4.69) is 47.4 Å². The zero-order valence-electron chi connectivity index (χ0n) is 10.7. The monoisotopic (exact) mass is 236 g/mol. The lowest BCUT2D eigenvalue weighted by Crippen LogP contribution is -2.02. The van der Waals surface area contributed by atoms with Crippen molar-refractivity contribution in [3.8, 4) is 0 Å². The molecule has 1 rings (SSSR count). The van der Waals surface area contributed by atoms with E-state index in [0.29, 0.717) is 0 Å². The first kappa shape index (κ1) is 13.7. The Hall–Kier alpha value is -0.350. The normalized spacial score (nSPS) is 12.7. The Morgan fingerprint density at radius 3 is 2.69 bits per heavy atom. The maximum Gasteiger partial charge on any atom is -0.0253 e. The fourth-order valence-corrected chi connectivity index (χ4v) is 2.47. The Kier molecular flexibility index (Phi) is 6.73. The van der Waals surface area contributed by atoms with E-state index in [4.69, 9.17) is 0 Å². The molecular weight excluding hydrogens is 211 g/mol. The van der Waals surface area contributed by atoms with Gasteiger partial charge in [0, 0.05) is 0 Å². The summed E-state index contributed by atoms with van der Waals surface area (Å²) in [6.07, 6.45) is 8.15. The molecule has 1 heteroatoms. The van der Waals surface area contributed by atoms with Gasteiger partial charge in [0.05, 0.1) is 0 Å². The van der Waals surface area contributed by atoms with Crippen molar-refractivity contribution >= 4 is 14.5 Å². The first-order chi connectivity index (χ1) is 7.72. The largest absolute Gasteiger partial charge is 0.106 e. The van der Waals surface area contributed by atoms with Crippen LogP contribution in [0.3, 0.4) is 0 Å². The highest BCUT2D eigenvalue weighted by atomic mass is 31.0. The summed E-state index contributed by atoms with van der Waals surface area (Å²) < 4.78 is 0. The van der Waals surface area contributed by atoms with Gasteiger partial charge in [0.1, 0.15) is 0 Å². The molecule has 0 bridgehead atoms. The maximum absolute atomic E-state index is 2.78. The van der Waals surface area contributed by atoms with Crippen LogP contribution in [0, 0.1) is 5.92 Å². The third-order valence-corrected chi connectivity index (χ3v) is 3.44. The summed E-state index contributed by atoms with van der Waals surface area (Å²) in [6.45, 7) is 4.65. The minimum atomic E-state index is 0.823. The van der Waals surface area contributed by atoms with Crippen molar-refractivity contribution in [2.24, 2.45) is 5.92 Å². The van der Waals surface area contributed by atoms with Crippen LogP contribution in [0.1, 0.15) is 51.5 Å². The summed E-state index contributed by atoms with van der Waals surface area (Å²) >= 11 is 0. The molecule has 0 aliphatic rings. The molecule has 0 nitrogen and oxygen atoms in total. The number of benzene rings is 1. The van der Waals surface area contributed by atoms with Gasteiger partial charge in [-0.15, -0.1) is 9.24 Å². The van der Waals surface area contributed by atoms with Crippen molar-refractivity contribution in [1.29, 1.82) is 0 Å². The predicted octanol–water partition coefficient (Wildman–Crippen LogP) is 4.34. The van der Waals surface area contributed by atoms with E-state index in [1.807, 2.05) is 0 Å². The van der Waals surface area contributed by atoms with Crippen molar-refractivity contribution in [3.63, 3.8) is 0 Å². The van der Waals surface area contributed by atoms with E-state index >= 15 is 0 Å². The van der Waals surface area contributed by atoms with Gasteiger partial charge in [-0.2, -0.15) is 0 Å². The van der Waals surface area contributed by atoms with Crippen molar-refractivity contribution in [2.45, 2.75) is 52.4 Å². The highest BCUT2D eigenvalue weighted by molar-refractivity contribution is 7.27. The van der Waals surface area contributed by atoms with E-state index in [1.165, 1.54) is 49.4 Å². The molecule has 0 spiro atoms. The molecule has 0 amide bonds. The SMILES string of the molecule is CCCCCCC(C)Cc1cccc(P)c1. The van der Waals surface area contributed by atoms with Crippen molar-refractivity contribution < 1.29 is 0 Å². The third-order valence-electron chi connectivity index (χ3n) is 3.09. The summed E-state index contributed by atoms with van der Waals surface area (Å²) in [7, 11) is 2.78. The molecule has 0 saturated carbocycles. The van der Waals surface area contributed by atoms with Gasteiger partial charge in [-0.3, -0.25) is 0 Å². The van der Waals surface area contributed by atoms with Gasteiger partial charge in [-0.05, 0) is 23.2 Å². The van der Waals surface area contributed by atoms with E-state index in [1.54, 1.807) is 0 Å². The van der Waals surface area contributed by atoms with Gasteiger partial charge in [0.2, 0.25) is 0 Å². The minimum absolute atomic E-state index is 0.823. The van der Waals surface area contributed by atoms with Crippen LogP contribution in [-0.2, 0) is 6.42 Å². The van der Waals surface area contributed by atoms with Gasteiger partial charge in [0.15, 0.2) is 0 Å². The van der Waals surface area contributed by atoms with E-state index in [9.17, 15) is 0 Å². The molecule has 0 saturated heterocycles. The first-order valence-electron chi connectivity index (χ1n) is 6.56. The second-order valence-corrected chi connectivity index (χ2v) is 5.57. The number of hydrogen-bond acceptors (Lipinski definition) is 0. The lowest BCUT2D eigenvalue weighted by atomic mass is 9.95. The first-order valence-corrected chi connectivity index (χ1v) is 7.14. The molecule has 1 aromatic rings. The molecule has 0 aromatic heterocycles. The van der Waals surface area contributed by atoms with Crippen LogP contribution in [0.5, 0.6) is 0 Å². The average molecular weight is 236 g/mol. The van der Waals surface area contributed by atoms with Crippen LogP contribution < -0.4 is 5.30 Å². The number of unbranched alkanes of at least 4 members (excludes halogenated alkanes) is 3. The molecule has 16 heavy (non-hydrogen) atoms. The van der Waals surface area contributed by atoms with E-state index in [-0.39, 0.29) is 0 Å². The van der Waals surface area contributed by atoms with Crippen LogP contribution in [-0.4, -0.2) is 0 Å². The summed E-state index contributed by atoms with van der Waals surface area (Å²) in [5, 5.41) is 1.30. The molecule has 0 aliphatic carbocycles. The lowest BCUT2D eigenvalue weighted by molar-refractivity contribution is 0.487. The van der Waals surface area contributed by atoms with Crippen LogP contribution in [0.4, 0.5) is 0 Å². The van der Waals surface area contributed by atoms with Crippen molar-refractivity contribution in [3.05, 3.63) is 29.8 Å². The number of hydrogen-bond donors (Lipinski definition) is 0. The minimum Gasteiger partial charge on any atom is -0.106 e. The van der Waals surface area contributed by atoms with Gasteiger partial charge in [-0.25, -0.2) is 0 Å². The highest BCUT2D eigenvalue weighted by Gasteiger charge is 2.03. The van der Waals surface area contributed by atoms with Gasteiger partial charge < -0.3 is 0 Å². The molecule has 2 atom stereocenters. The van der Waals surface area contributed by atoms with Crippen molar-refractivity contribution in [2.75, 3.05) is 0 Å². The topological polar surface area (TPSA) is 0 Å². The van der Waals surface area contributed by atoms with Crippen LogP contribution >= 0.6 is 9.24 Å². The Morgan fingerprint density at radius 2 is 2.00 bits per heavy atom. The van der Waals surface area contributed by atoms with Gasteiger partial charge in [-0.1, -0.05) is 70.2 Å². The summed E-state index contributed by atoms with van der Waals surface area (Å²) in [5.41, 5.74) is 1.48. The Labute approximate surface area is 103 Å². The average Bonchev–Trinajstić information content (AvgIpc) is 2.24. The summed E-state index contributed by atoms with van der Waals surface area (Å²) in [5.74, 6) is 0.823. The summed E-state index contributed by atoms with van der Waals surface area (Å²) in [6, 6.07) is 8.82. The van der Waals surface area contributed by atoms with Crippen LogP contribution in [0.15, 0.2) is 24.3 Å². The molecular formula is C15H25P. The Bertz CT molecular complexity index is 293. The third kappa shape index (κ3) is 5.66. The molecule has 1 aromatic carbocycles. The van der Waals surface area contributed by atoms with Crippen LogP contribution in [0.2, 0.25) is 0 Å². The smallest absolute Gasteiger partial charge is 0.0253 e. The zero-order valence-corrected chi connectivity index (χ0v) is 11.9. The second-order valence-electron chi connectivity index (χ2n) is 4.90. The fourth-order valence-electron chi connectivity index (χ4n) is 2.14. The lowest BCUT2D eigenvalue weighted by Gasteiger charge is -2.11. The molecule has 0 N–H and O–H groups in total. The Balaban J connectivity index is 2.25. The van der Waals surface area contributed by atoms with Gasteiger partial charge >= 0.3 is 0 Å². The molecule has 0 heterocycles. The molecule has 0 fully saturated rings. The maximum atomic E-state index is 2.78. The standard InChI is InChI=1S/C15H25P/c1-3-4-5-6-8-13(2)11-14-9-7-10-15(16)12-14/h7,9-10,12-13H,3-6,8,11,16H2,1-2H3. The zero-order chi connectivity index (χ0) is 11.8. The highest BCUT2D eigenvalue weighted by Crippen LogP contribution is 2.15. The fraction of sp³-hybridized carbons (Fsp3) is 0.600.